The van der Waals surface area contributed by atoms with E-state index in [4.69, 9.17) is 5.73 Å². The fourth-order valence-electron chi connectivity index (χ4n) is 1.18. The van der Waals surface area contributed by atoms with E-state index < -0.39 is 0 Å². The lowest BCUT2D eigenvalue weighted by Crippen LogP contribution is -1.96. The molecule has 0 bridgehead atoms. The molecule has 0 aromatic carbocycles. The van der Waals surface area contributed by atoms with Gasteiger partial charge in [0.15, 0.2) is 11.5 Å². The number of hydrogen-bond donors (Lipinski definition) is 2. The van der Waals surface area contributed by atoms with Crippen LogP contribution in [-0.2, 0) is 0 Å². The first kappa shape index (κ1) is 7.15. The molecule has 0 fully saturated rings. The second kappa shape index (κ2) is 2.23. The SMILES string of the molecule is CC(C)c1nnc2c(N)c[nH]n12. The van der Waals surface area contributed by atoms with Gasteiger partial charge in [-0.25, -0.2) is 4.52 Å². The van der Waals surface area contributed by atoms with Gasteiger partial charge < -0.3 is 5.73 Å². The highest BCUT2D eigenvalue weighted by molar-refractivity contribution is 5.62. The Hall–Kier alpha value is -1.52. The van der Waals surface area contributed by atoms with Crippen LogP contribution in [0.2, 0.25) is 0 Å². The third-order valence-corrected chi connectivity index (χ3v) is 1.81. The molecule has 0 saturated heterocycles. The van der Waals surface area contributed by atoms with Crippen LogP contribution >= 0.6 is 0 Å². The molecule has 5 nitrogen and oxygen atoms in total. The lowest BCUT2D eigenvalue weighted by atomic mass is 10.2. The average Bonchev–Trinajstić information content (AvgIpc) is 2.53. The van der Waals surface area contributed by atoms with E-state index >= 15 is 0 Å². The molecule has 0 atom stereocenters. The number of nitrogen functional groups attached to an aromatic ring is 1. The zero-order chi connectivity index (χ0) is 8.72. The maximum Gasteiger partial charge on any atom is 0.200 e. The molecule has 0 radical (unpaired) electrons. The van der Waals surface area contributed by atoms with Crippen molar-refractivity contribution >= 4 is 11.3 Å². The van der Waals surface area contributed by atoms with E-state index in [9.17, 15) is 0 Å². The molecule has 0 amide bonds. The first-order chi connectivity index (χ1) is 5.70. The zero-order valence-corrected chi connectivity index (χ0v) is 7.07. The number of H-pyrrole nitrogens is 1. The summed E-state index contributed by atoms with van der Waals surface area (Å²) in [5.41, 5.74) is 6.98. The first-order valence-corrected chi connectivity index (χ1v) is 3.88. The molecule has 0 aliphatic heterocycles. The van der Waals surface area contributed by atoms with Gasteiger partial charge >= 0.3 is 0 Å². The summed E-state index contributed by atoms with van der Waals surface area (Å²) >= 11 is 0. The van der Waals surface area contributed by atoms with E-state index in [1.54, 1.807) is 10.7 Å². The van der Waals surface area contributed by atoms with Gasteiger partial charge in [-0.05, 0) is 0 Å². The van der Waals surface area contributed by atoms with Crippen LogP contribution in [0.5, 0.6) is 0 Å². The van der Waals surface area contributed by atoms with E-state index in [-0.39, 0.29) is 0 Å². The fourth-order valence-corrected chi connectivity index (χ4v) is 1.18. The summed E-state index contributed by atoms with van der Waals surface area (Å²) < 4.78 is 1.81. The van der Waals surface area contributed by atoms with Crippen molar-refractivity contribution in [1.29, 1.82) is 0 Å². The number of nitrogens with zero attached hydrogens (tertiary/aromatic N) is 3. The van der Waals surface area contributed by atoms with Gasteiger partial charge in [-0.1, -0.05) is 13.8 Å². The minimum absolute atomic E-state index is 0.345. The van der Waals surface area contributed by atoms with Crippen molar-refractivity contribution in [3.05, 3.63) is 12.0 Å². The smallest absolute Gasteiger partial charge is 0.200 e. The van der Waals surface area contributed by atoms with Gasteiger partial charge in [0, 0.05) is 12.1 Å². The van der Waals surface area contributed by atoms with Gasteiger partial charge in [0.05, 0.1) is 5.69 Å². The monoisotopic (exact) mass is 165 g/mol. The van der Waals surface area contributed by atoms with Crippen LogP contribution in [0, 0.1) is 0 Å². The van der Waals surface area contributed by atoms with Crippen molar-refractivity contribution in [1.82, 2.24) is 19.8 Å². The van der Waals surface area contributed by atoms with Crippen molar-refractivity contribution in [3.63, 3.8) is 0 Å². The number of fused-ring (bicyclic) bond motifs is 1. The third-order valence-electron chi connectivity index (χ3n) is 1.81. The lowest BCUT2D eigenvalue weighted by molar-refractivity contribution is 0.725. The predicted molar refractivity (Wildman–Crippen MR) is 45.8 cm³/mol. The molecule has 12 heavy (non-hydrogen) atoms. The van der Waals surface area contributed by atoms with E-state index in [1.807, 2.05) is 0 Å². The molecular weight excluding hydrogens is 154 g/mol. The Bertz CT molecular complexity index is 397. The molecule has 0 unspecified atom stereocenters. The molecule has 2 aromatic heterocycles. The van der Waals surface area contributed by atoms with E-state index in [2.05, 4.69) is 29.1 Å². The number of aromatic amines is 1. The number of anilines is 1. The Labute approximate surface area is 69.6 Å². The molecule has 2 aromatic rings. The predicted octanol–water partition coefficient (Wildman–Crippen LogP) is 0.763. The summed E-state index contributed by atoms with van der Waals surface area (Å²) in [7, 11) is 0. The minimum Gasteiger partial charge on any atom is -0.394 e. The van der Waals surface area contributed by atoms with Gasteiger partial charge in [-0.2, -0.15) is 0 Å². The quantitative estimate of drug-likeness (QED) is 0.655. The van der Waals surface area contributed by atoms with Crippen LogP contribution in [0.15, 0.2) is 6.20 Å². The number of rotatable bonds is 1. The van der Waals surface area contributed by atoms with Crippen LogP contribution in [-0.4, -0.2) is 19.8 Å². The molecule has 3 N–H and O–H groups in total. The van der Waals surface area contributed by atoms with Crippen molar-refractivity contribution in [2.75, 3.05) is 5.73 Å². The Morgan fingerprint density at radius 2 is 2.25 bits per heavy atom. The Balaban J connectivity index is 2.71. The molecule has 0 saturated carbocycles. The zero-order valence-electron chi connectivity index (χ0n) is 7.07. The molecular formula is C7H11N5. The molecule has 0 spiro atoms. The summed E-state index contributed by atoms with van der Waals surface area (Å²) in [5, 5.41) is 11.0. The number of hydrogen-bond acceptors (Lipinski definition) is 3. The summed E-state index contributed by atoms with van der Waals surface area (Å²) in [4.78, 5) is 0. The third kappa shape index (κ3) is 0.792. The second-order valence-corrected chi connectivity index (χ2v) is 3.10. The number of nitrogens with two attached hydrogens (primary N) is 1. The number of aromatic nitrogens is 4. The van der Waals surface area contributed by atoms with Crippen molar-refractivity contribution in [2.24, 2.45) is 0 Å². The Kier molecular flexibility index (Phi) is 1.33. The molecule has 64 valence electrons. The lowest BCUT2D eigenvalue weighted by Gasteiger charge is -1.97. The fraction of sp³-hybridized carbons (Fsp3) is 0.429. The summed E-state index contributed by atoms with van der Waals surface area (Å²) in [6.45, 7) is 4.13. The van der Waals surface area contributed by atoms with Crippen LogP contribution in [0.25, 0.3) is 5.65 Å². The van der Waals surface area contributed by atoms with Gasteiger partial charge in [0.2, 0.25) is 0 Å². The van der Waals surface area contributed by atoms with Crippen LogP contribution < -0.4 is 5.73 Å². The largest absolute Gasteiger partial charge is 0.394 e. The van der Waals surface area contributed by atoms with Crippen LogP contribution in [0.3, 0.4) is 0 Å². The standard InChI is InChI=1S/C7H11N5/c1-4(2)6-10-11-7-5(8)3-9-12(6)7/h3-4,9H,8H2,1-2H3. The highest BCUT2D eigenvalue weighted by Gasteiger charge is 2.11. The van der Waals surface area contributed by atoms with Crippen LogP contribution in [0.1, 0.15) is 25.6 Å². The van der Waals surface area contributed by atoms with E-state index in [1.165, 1.54) is 0 Å². The van der Waals surface area contributed by atoms with Gasteiger partial charge in [-0.3, -0.25) is 5.10 Å². The summed E-state index contributed by atoms with van der Waals surface area (Å²) in [6.07, 6.45) is 1.72. The first-order valence-electron chi connectivity index (χ1n) is 3.88. The molecule has 2 heterocycles. The van der Waals surface area contributed by atoms with E-state index in [0.717, 1.165) is 5.82 Å². The molecule has 2 rings (SSSR count). The average molecular weight is 165 g/mol. The van der Waals surface area contributed by atoms with Crippen molar-refractivity contribution < 1.29 is 0 Å². The highest BCUT2D eigenvalue weighted by Crippen LogP contribution is 2.16. The van der Waals surface area contributed by atoms with Gasteiger partial charge in [0.25, 0.3) is 0 Å². The van der Waals surface area contributed by atoms with E-state index in [0.29, 0.717) is 17.3 Å². The van der Waals surface area contributed by atoms with Gasteiger partial charge in [0.1, 0.15) is 0 Å². The molecule has 5 heteroatoms. The topological polar surface area (TPSA) is 72.0 Å². The van der Waals surface area contributed by atoms with Crippen molar-refractivity contribution in [2.45, 2.75) is 19.8 Å². The Morgan fingerprint density at radius 1 is 1.50 bits per heavy atom. The maximum atomic E-state index is 5.64. The summed E-state index contributed by atoms with van der Waals surface area (Å²) in [5.74, 6) is 1.25. The Morgan fingerprint density at radius 3 is 2.92 bits per heavy atom. The van der Waals surface area contributed by atoms with Crippen LogP contribution in [0.4, 0.5) is 5.69 Å². The summed E-state index contributed by atoms with van der Waals surface area (Å²) in [6, 6.07) is 0. The normalized spacial score (nSPS) is 11.6. The molecule has 0 aliphatic rings. The highest BCUT2D eigenvalue weighted by atomic mass is 15.4. The number of nitrogens with one attached hydrogen (secondary N) is 1. The maximum absolute atomic E-state index is 5.64. The second-order valence-electron chi connectivity index (χ2n) is 3.10. The van der Waals surface area contributed by atoms with Gasteiger partial charge in [-0.15, -0.1) is 10.2 Å². The minimum atomic E-state index is 0.345. The molecule has 0 aliphatic carbocycles. The van der Waals surface area contributed by atoms with Crippen molar-refractivity contribution in [3.8, 4) is 0 Å².